The van der Waals surface area contributed by atoms with Gasteiger partial charge in [0.2, 0.25) is 0 Å². The Labute approximate surface area is 471 Å². The maximum absolute atomic E-state index is 2.83. The summed E-state index contributed by atoms with van der Waals surface area (Å²) in [5, 5.41) is 0. The highest BCUT2D eigenvalue weighted by molar-refractivity contribution is 7.01. The van der Waals surface area contributed by atoms with E-state index in [0.29, 0.717) is 0 Å². The maximum Gasteiger partial charge on any atom is 0.253 e. The lowest BCUT2D eigenvalue weighted by molar-refractivity contribution is 0.195. The van der Waals surface area contributed by atoms with Gasteiger partial charge in [0.05, 0.1) is 11.0 Å². The molecule has 4 heterocycles. The van der Waals surface area contributed by atoms with E-state index in [9.17, 15) is 0 Å². The summed E-state index contributed by atoms with van der Waals surface area (Å²) in [7, 11) is 0. The molecule has 14 rings (SSSR count). The van der Waals surface area contributed by atoms with Gasteiger partial charge in [0, 0.05) is 50.9 Å². The Morgan fingerprint density at radius 2 is 0.873 bits per heavy atom. The van der Waals surface area contributed by atoms with Crippen LogP contribution in [0.1, 0.15) is 146 Å². The predicted molar refractivity (Wildman–Crippen MR) is 337 cm³/mol. The average molecular weight is 1030 g/mol. The minimum Gasteiger partial charge on any atom is -0.334 e. The molecule has 2 unspecified atom stereocenters. The van der Waals surface area contributed by atoms with Crippen LogP contribution in [0.2, 0.25) is 0 Å². The monoisotopic (exact) mass is 1030 g/mol. The van der Waals surface area contributed by atoms with Crippen LogP contribution < -0.4 is 31.1 Å². The van der Waals surface area contributed by atoms with Gasteiger partial charge in [-0.15, -0.1) is 0 Å². The van der Waals surface area contributed by atoms with Crippen molar-refractivity contribution in [3.8, 4) is 11.1 Å². The van der Waals surface area contributed by atoms with Crippen molar-refractivity contribution in [2.75, 3.05) is 14.7 Å². The molecule has 0 N–H and O–H groups in total. The van der Waals surface area contributed by atoms with E-state index < -0.39 is 5.41 Å². The van der Waals surface area contributed by atoms with Gasteiger partial charge < -0.3 is 14.7 Å². The van der Waals surface area contributed by atoms with E-state index in [-0.39, 0.29) is 33.9 Å². The summed E-state index contributed by atoms with van der Waals surface area (Å²) in [6.45, 7) is 26.4. The molecule has 0 saturated heterocycles. The van der Waals surface area contributed by atoms with Crippen LogP contribution in [-0.2, 0) is 27.1 Å². The van der Waals surface area contributed by atoms with Crippen molar-refractivity contribution < 1.29 is 0 Å². The standard InChI is InChI=1S/C75H74BN3/c1-70(2,3)51-36-38-56(39-37-51)77-63-33-23-31-59-67(63)76-68-60(75(59,52-27-17-13-18-28-52)53-29-19-14-20-30-53)32-24-34-64(68)78(57-45-54(71(4,5)6)44-55(46-57)72(7,8)9)66-48-58(47-65(77)69(66)76)79-62-40-35-50(49-25-15-12-16-26-49)43-61(62)73(10)41-21-22-42-74(73,79)11/h12-20,23-40,43-48H,21-22,41-42H2,1-11H3. The molecule has 3 nitrogen and oxygen atoms in total. The molecule has 4 aliphatic heterocycles. The van der Waals surface area contributed by atoms with Crippen molar-refractivity contribution >= 4 is 68.6 Å². The second-order valence-electron chi connectivity index (χ2n) is 27.3. The molecular weight excluding hydrogens is 954 g/mol. The molecule has 9 aromatic rings. The summed E-state index contributed by atoms with van der Waals surface area (Å²) >= 11 is 0. The van der Waals surface area contributed by atoms with Gasteiger partial charge in [-0.25, -0.2) is 0 Å². The first-order chi connectivity index (χ1) is 37.8. The van der Waals surface area contributed by atoms with E-state index in [1.54, 1.807) is 0 Å². The minimum absolute atomic E-state index is 0.00120. The Hall–Kier alpha value is -7.56. The highest BCUT2D eigenvalue weighted by Gasteiger charge is 2.59. The van der Waals surface area contributed by atoms with Crippen LogP contribution in [-0.4, -0.2) is 12.3 Å². The highest BCUT2D eigenvalue weighted by Crippen LogP contribution is 2.63. The van der Waals surface area contributed by atoms with Gasteiger partial charge in [-0.1, -0.05) is 222 Å². The molecular formula is C75H74BN3. The van der Waals surface area contributed by atoms with E-state index in [1.165, 1.54) is 130 Å². The molecule has 9 aromatic carbocycles. The Morgan fingerprint density at radius 3 is 1.41 bits per heavy atom. The predicted octanol–water partition coefficient (Wildman–Crippen LogP) is 17.8. The Kier molecular flexibility index (Phi) is 10.8. The molecule has 0 radical (unpaired) electrons. The summed E-state index contributed by atoms with van der Waals surface area (Å²) in [6.07, 6.45) is 4.68. The Balaban J connectivity index is 1.14. The summed E-state index contributed by atoms with van der Waals surface area (Å²) in [5.41, 5.74) is 26.4. The fourth-order valence-corrected chi connectivity index (χ4v) is 15.4. The lowest BCUT2D eigenvalue weighted by Crippen LogP contribution is -2.68. The number of rotatable bonds is 6. The number of hydrogen-bond donors (Lipinski definition) is 0. The number of anilines is 8. The van der Waals surface area contributed by atoms with Crippen molar-refractivity contribution in [1.29, 1.82) is 0 Å². The summed E-state index contributed by atoms with van der Waals surface area (Å²) in [6, 6.07) is 78.2. The maximum atomic E-state index is 2.83. The fourth-order valence-electron chi connectivity index (χ4n) is 15.4. The van der Waals surface area contributed by atoms with Gasteiger partial charge in [-0.05, 0) is 169 Å². The molecule has 0 amide bonds. The summed E-state index contributed by atoms with van der Waals surface area (Å²) < 4.78 is 0. The Morgan fingerprint density at radius 1 is 0.367 bits per heavy atom. The van der Waals surface area contributed by atoms with Crippen molar-refractivity contribution in [2.24, 2.45) is 0 Å². The molecule has 79 heavy (non-hydrogen) atoms. The minimum atomic E-state index is -0.625. The number of fused-ring (bicyclic) bond motifs is 3. The zero-order valence-electron chi connectivity index (χ0n) is 48.3. The summed E-state index contributed by atoms with van der Waals surface area (Å²) in [4.78, 5) is 8.22. The molecule has 1 aliphatic carbocycles. The van der Waals surface area contributed by atoms with Gasteiger partial charge in [0.25, 0.3) is 6.71 Å². The first-order valence-electron chi connectivity index (χ1n) is 29.3. The fraction of sp³-hybridized carbons (Fsp3) is 0.280. The van der Waals surface area contributed by atoms with Crippen LogP contribution in [0, 0.1) is 0 Å². The SMILES string of the molecule is CC(C)(C)c1ccc(N2c3cc(N4c5ccc(-c6ccccc6)cc5C5(C)CCCCC45C)cc4c3B3c5c2cccc5C(c2ccccc2)(c2ccccc2)c2cccc(c23)N4c2cc(C(C)(C)C)cc(C(C)(C)C)c2)cc1. The molecule has 4 heteroatoms. The van der Waals surface area contributed by atoms with Gasteiger partial charge in [0.1, 0.15) is 0 Å². The summed E-state index contributed by atoms with van der Waals surface area (Å²) in [5.74, 6) is 0. The van der Waals surface area contributed by atoms with E-state index in [4.69, 9.17) is 0 Å². The third-order valence-electron chi connectivity index (χ3n) is 19.7. The largest absolute Gasteiger partial charge is 0.334 e. The van der Waals surface area contributed by atoms with Gasteiger partial charge >= 0.3 is 0 Å². The van der Waals surface area contributed by atoms with Crippen LogP contribution in [0.4, 0.5) is 45.5 Å². The first kappa shape index (κ1) is 49.7. The quantitative estimate of drug-likeness (QED) is 0.154. The van der Waals surface area contributed by atoms with E-state index in [1.807, 2.05) is 0 Å². The van der Waals surface area contributed by atoms with Crippen LogP contribution in [0.5, 0.6) is 0 Å². The topological polar surface area (TPSA) is 9.72 Å². The molecule has 0 aromatic heterocycles. The van der Waals surface area contributed by atoms with Crippen LogP contribution in [0.25, 0.3) is 11.1 Å². The smallest absolute Gasteiger partial charge is 0.253 e. The van der Waals surface area contributed by atoms with Crippen LogP contribution in [0.3, 0.4) is 0 Å². The lowest BCUT2D eigenvalue weighted by Gasteiger charge is -2.53. The van der Waals surface area contributed by atoms with Crippen molar-refractivity contribution in [1.82, 2.24) is 0 Å². The second kappa shape index (κ2) is 17.2. The number of hydrogen-bond acceptors (Lipinski definition) is 3. The van der Waals surface area contributed by atoms with Crippen molar-refractivity contribution in [3.63, 3.8) is 0 Å². The number of benzene rings is 9. The van der Waals surface area contributed by atoms with Crippen LogP contribution in [0.15, 0.2) is 200 Å². The van der Waals surface area contributed by atoms with Gasteiger partial charge in [-0.2, -0.15) is 0 Å². The molecule has 392 valence electrons. The number of nitrogens with zero attached hydrogens (tertiary/aromatic N) is 3. The molecule has 5 aliphatic rings. The van der Waals surface area contributed by atoms with Crippen LogP contribution >= 0.6 is 0 Å². The van der Waals surface area contributed by atoms with E-state index >= 15 is 0 Å². The highest BCUT2D eigenvalue weighted by atomic mass is 15.3. The van der Waals surface area contributed by atoms with E-state index in [0.717, 1.165) is 12.8 Å². The second-order valence-corrected chi connectivity index (χ2v) is 27.3. The van der Waals surface area contributed by atoms with Gasteiger partial charge in [-0.3, -0.25) is 0 Å². The zero-order chi connectivity index (χ0) is 54.6. The molecule has 2 atom stereocenters. The van der Waals surface area contributed by atoms with Crippen molar-refractivity contribution in [3.05, 3.63) is 245 Å². The third-order valence-corrected chi connectivity index (χ3v) is 19.7. The van der Waals surface area contributed by atoms with E-state index in [2.05, 4.69) is 291 Å². The van der Waals surface area contributed by atoms with Crippen molar-refractivity contribution in [2.45, 2.75) is 134 Å². The molecule has 0 bridgehead atoms. The normalized spacial score (nSPS) is 19.5. The molecule has 1 fully saturated rings. The molecule has 1 saturated carbocycles. The first-order valence-corrected chi connectivity index (χ1v) is 29.3. The zero-order valence-corrected chi connectivity index (χ0v) is 48.3. The Bertz CT molecular complexity index is 3820. The molecule has 0 spiro atoms. The third kappa shape index (κ3) is 7.11. The van der Waals surface area contributed by atoms with Gasteiger partial charge in [0.15, 0.2) is 0 Å². The average Bonchev–Trinajstić information content (AvgIpc) is 2.40. The lowest BCUT2D eigenvalue weighted by atomic mass is 9.28.